The van der Waals surface area contributed by atoms with E-state index in [0.717, 1.165) is 19.3 Å². The predicted octanol–water partition coefficient (Wildman–Crippen LogP) is 2.42. The smallest absolute Gasteiger partial charge is 0.303 e. The van der Waals surface area contributed by atoms with Gasteiger partial charge in [-0.3, -0.25) is 9.59 Å². The quantitative estimate of drug-likeness (QED) is 0.642. The van der Waals surface area contributed by atoms with E-state index in [2.05, 4.69) is 17.2 Å². The van der Waals surface area contributed by atoms with Crippen molar-refractivity contribution in [3.8, 4) is 0 Å². The Kier molecular flexibility index (Phi) is 6.71. The maximum atomic E-state index is 11.7. The van der Waals surface area contributed by atoms with Crippen LogP contribution in [0.1, 0.15) is 49.5 Å². The van der Waals surface area contributed by atoms with Crippen LogP contribution in [0, 0.1) is 5.92 Å². The second-order valence-electron chi connectivity index (χ2n) is 4.72. The first-order chi connectivity index (χ1) is 9.13. The molecule has 0 bridgehead atoms. The van der Waals surface area contributed by atoms with Crippen LogP contribution < -0.4 is 5.32 Å². The Hall–Kier alpha value is -1.78. The third-order valence-electron chi connectivity index (χ3n) is 3.14. The number of carboxylic acids is 1. The molecular formula is C14H22N2O3. The molecule has 0 aliphatic heterocycles. The van der Waals surface area contributed by atoms with Crippen LogP contribution in [0.2, 0.25) is 0 Å². The van der Waals surface area contributed by atoms with Crippen molar-refractivity contribution in [2.75, 3.05) is 6.54 Å². The molecule has 5 heteroatoms. The number of hydrogen-bond acceptors (Lipinski definition) is 2. The molecule has 0 aliphatic carbocycles. The SMILES string of the molecule is CCCC(CCNC(=O)c1ccc[nH]1)CCC(=O)O. The molecule has 3 N–H and O–H groups in total. The first kappa shape index (κ1) is 15.3. The Morgan fingerprint density at radius 1 is 1.37 bits per heavy atom. The Morgan fingerprint density at radius 3 is 2.74 bits per heavy atom. The highest BCUT2D eigenvalue weighted by atomic mass is 16.4. The molecule has 0 aromatic carbocycles. The molecule has 0 fully saturated rings. The Morgan fingerprint density at radius 2 is 2.16 bits per heavy atom. The van der Waals surface area contributed by atoms with Gasteiger partial charge in [-0.25, -0.2) is 0 Å². The fourth-order valence-corrected chi connectivity index (χ4v) is 2.13. The number of amides is 1. The third kappa shape index (κ3) is 6.08. The summed E-state index contributed by atoms with van der Waals surface area (Å²) >= 11 is 0. The van der Waals surface area contributed by atoms with Gasteiger partial charge in [-0.1, -0.05) is 19.8 Å². The van der Waals surface area contributed by atoms with E-state index in [1.54, 1.807) is 18.3 Å². The van der Waals surface area contributed by atoms with E-state index in [1.807, 2.05) is 0 Å². The number of aromatic amines is 1. The normalized spacial score (nSPS) is 12.1. The number of rotatable bonds is 9. The monoisotopic (exact) mass is 266 g/mol. The van der Waals surface area contributed by atoms with Gasteiger partial charge in [0.15, 0.2) is 0 Å². The molecule has 1 aromatic heterocycles. The maximum Gasteiger partial charge on any atom is 0.303 e. The van der Waals surface area contributed by atoms with E-state index >= 15 is 0 Å². The van der Waals surface area contributed by atoms with Crippen LogP contribution in [0.5, 0.6) is 0 Å². The van der Waals surface area contributed by atoms with Crippen molar-refractivity contribution >= 4 is 11.9 Å². The molecule has 0 aliphatic rings. The molecular weight excluding hydrogens is 244 g/mol. The van der Waals surface area contributed by atoms with E-state index in [-0.39, 0.29) is 12.3 Å². The van der Waals surface area contributed by atoms with Gasteiger partial charge in [0.1, 0.15) is 5.69 Å². The summed E-state index contributed by atoms with van der Waals surface area (Å²) in [5.41, 5.74) is 0.553. The lowest BCUT2D eigenvalue weighted by atomic mass is 9.94. The number of carboxylic acid groups (broad SMARTS) is 1. The van der Waals surface area contributed by atoms with E-state index in [9.17, 15) is 9.59 Å². The van der Waals surface area contributed by atoms with Gasteiger partial charge in [-0.2, -0.15) is 0 Å². The average Bonchev–Trinajstić information content (AvgIpc) is 2.89. The number of H-pyrrole nitrogens is 1. The van der Waals surface area contributed by atoms with Crippen molar-refractivity contribution in [2.45, 2.75) is 39.0 Å². The lowest BCUT2D eigenvalue weighted by molar-refractivity contribution is -0.137. The van der Waals surface area contributed by atoms with Crippen LogP contribution in [0.15, 0.2) is 18.3 Å². The van der Waals surface area contributed by atoms with Crippen molar-refractivity contribution < 1.29 is 14.7 Å². The highest BCUT2D eigenvalue weighted by Crippen LogP contribution is 2.17. The Balaban J connectivity index is 2.27. The summed E-state index contributed by atoms with van der Waals surface area (Å²) in [4.78, 5) is 25.1. The number of aromatic nitrogens is 1. The van der Waals surface area contributed by atoms with Gasteiger partial charge in [0.25, 0.3) is 5.91 Å². The lowest BCUT2D eigenvalue weighted by Crippen LogP contribution is -2.26. The topological polar surface area (TPSA) is 82.2 Å². The van der Waals surface area contributed by atoms with Crippen molar-refractivity contribution in [3.05, 3.63) is 24.0 Å². The Bertz CT molecular complexity index is 387. The molecule has 1 atom stereocenters. The summed E-state index contributed by atoms with van der Waals surface area (Å²) in [6.07, 6.45) is 5.46. The number of nitrogens with one attached hydrogen (secondary N) is 2. The second-order valence-corrected chi connectivity index (χ2v) is 4.72. The fourth-order valence-electron chi connectivity index (χ4n) is 2.13. The van der Waals surface area contributed by atoms with Crippen LogP contribution in [0.25, 0.3) is 0 Å². The number of carbonyl (C=O) groups excluding carboxylic acids is 1. The average molecular weight is 266 g/mol. The lowest BCUT2D eigenvalue weighted by Gasteiger charge is -2.15. The van der Waals surface area contributed by atoms with Gasteiger partial charge >= 0.3 is 5.97 Å². The molecule has 0 spiro atoms. The maximum absolute atomic E-state index is 11.7. The van der Waals surface area contributed by atoms with E-state index in [0.29, 0.717) is 24.6 Å². The minimum atomic E-state index is -0.753. The highest BCUT2D eigenvalue weighted by molar-refractivity contribution is 5.92. The molecule has 106 valence electrons. The van der Waals surface area contributed by atoms with Crippen molar-refractivity contribution in [2.24, 2.45) is 5.92 Å². The minimum Gasteiger partial charge on any atom is -0.481 e. The third-order valence-corrected chi connectivity index (χ3v) is 3.14. The van der Waals surface area contributed by atoms with Crippen LogP contribution >= 0.6 is 0 Å². The summed E-state index contributed by atoms with van der Waals surface area (Å²) < 4.78 is 0. The zero-order valence-corrected chi connectivity index (χ0v) is 11.3. The Labute approximate surface area is 113 Å². The summed E-state index contributed by atoms with van der Waals surface area (Å²) in [7, 11) is 0. The van der Waals surface area contributed by atoms with Crippen LogP contribution in [-0.4, -0.2) is 28.5 Å². The largest absolute Gasteiger partial charge is 0.481 e. The zero-order chi connectivity index (χ0) is 14.1. The summed E-state index contributed by atoms with van der Waals surface area (Å²) in [6.45, 7) is 2.67. The van der Waals surface area contributed by atoms with Gasteiger partial charge in [-0.15, -0.1) is 0 Å². The molecule has 0 saturated heterocycles. The molecule has 0 saturated carbocycles. The molecule has 1 amide bonds. The van der Waals surface area contributed by atoms with Crippen LogP contribution in [0.4, 0.5) is 0 Å². The summed E-state index contributed by atoms with van der Waals surface area (Å²) in [5.74, 6) is -0.500. The molecule has 5 nitrogen and oxygen atoms in total. The summed E-state index contributed by atoms with van der Waals surface area (Å²) in [5, 5.41) is 11.5. The van der Waals surface area contributed by atoms with Gasteiger partial charge in [0.2, 0.25) is 0 Å². The molecule has 1 heterocycles. The van der Waals surface area contributed by atoms with Gasteiger partial charge in [-0.05, 0) is 30.9 Å². The predicted molar refractivity (Wildman–Crippen MR) is 73.0 cm³/mol. The summed E-state index contributed by atoms with van der Waals surface area (Å²) in [6, 6.07) is 3.50. The van der Waals surface area contributed by atoms with Crippen LogP contribution in [-0.2, 0) is 4.79 Å². The first-order valence-electron chi connectivity index (χ1n) is 6.76. The molecule has 1 unspecified atom stereocenters. The molecule has 1 aromatic rings. The standard InChI is InChI=1S/C14H22N2O3/c1-2-4-11(6-7-13(17)18)8-10-16-14(19)12-5-3-9-15-12/h3,5,9,11,15H,2,4,6-8,10H2,1H3,(H,16,19)(H,17,18). The van der Waals surface area contributed by atoms with E-state index in [1.165, 1.54) is 0 Å². The van der Waals surface area contributed by atoms with Crippen molar-refractivity contribution in [1.82, 2.24) is 10.3 Å². The van der Waals surface area contributed by atoms with Gasteiger partial charge in [0.05, 0.1) is 0 Å². The minimum absolute atomic E-state index is 0.113. The number of aliphatic carboxylic acids is 1. The molecule has 1 rings (SSSR count). The zero-order valence-electron chi connectivity index (χ0n) is 11.3. The van der Waals surface area contributed by atoms with E-state index < -0.39 is 5.97 Å². The van der Waals surface area contributed by atoms with Gasteiger partial charge < -0.3 is 15.4 Å². The second kappa shape index (κ2) is 8.34. The van der Waals surface area contributed by atoms with Crippen molar-refractivity contribution in [1.29, 1.82) is 0 Å². The molecule has 0 radical (unpaired) electrons. The molecule has 19 heavy (non-hydrogen) atoms. The highest BCUT2D eigenvalue weighted by Gasteiger charge is 2.11. The van der Waals surface area contributed by atoms with Crippen molar-refractivity contribution in [3.63, 3.8) is 0 Å². The number of hydrogen-bond donors (Lipinski definition) is 3. The van der Waals surface area contributed by atoms with E-state index in [4.69, 9.17) is 5.11 Å². The first-order valence-corrected chi connectivity index (χ1v) is 6.76. The number of carbonyl (C=O) groups is 2. The van der Waals surface area contributed by atoms with Crippen LogP contribution in [0.3, 0.4) is 0 Å². The fraction of sp³-hybridized carbons (Fsp3) is 0.571. The van der Waals surface area contributed by atoms with Gasteiger partial charge in [0, 0.05) is 19.2 Å².